The summed E-state index contributed by atoms with van der Waals surface area (Å²) in [6, 6.07) is 17.9. The Morgan fingerprint density at radius 3 is 2.47 bits per heavy atom. The van der Waals surface area contributed by atoms with Gasteiger partial charge in [-0.25, -0.2) is 4.39 Å². The van der Waals surface area contributed by atoms with Crippen LogP contribution < -0.4 is 10.1 Å². The minimum absolute atomic E-state index is 0.183. The maximum absolute atomic E-state index is 13.8. The molecule has 1 unspecified atom stereocenters. The molecule has 1 heterocycles. The summed E-state index contributed by atoms with van der Waals surface area (Å²) in [7, 11) is 3.59. The summed E-state index contributed by atoms with van der Waals surface area (Å²) in [6.45, 7) is 5.20. The molecule has 0 spiro atoms. The number of rotatable bonds is 6. The lowest BCUT2D eigenvalue weighted by atomic mass is 9.87. The van der Waals surface area contributed by atoms with Crippen molar-refractivity contribution in [3.8, 4) is 11.8 Å². The first-order valence-electron chi connectivity index (χ1n) is 11.3. The van der Waals surface area contributed by atoms with E-state index in [0.29, 0.717) is 24.4 Å². The minimum Gasteiger partial charge on any atom is -0.495 e. The number of hydrogen-bond donors (Lipinski definition) is 1. The van der Waals surface area contributed by atoms with E-state index >= 15 is 0 Å². The van der Waals surface area contributed by atoms with Crippen molar-refractivity contribution in [1.82, 2.24) is 15.1 Å². The van der Waals surface area contributed by atoms with E-state index < -0.39 is 5.54 Å². The third-order valence-electron chi connectivity index (χ3n) is 6.84. The quantitative estimate of drug-likeness (QED) is 0.608. The van der Waals surface area contributed by atoms with Crippen LogP contribution in [0.2, 0.25) is 0 Å². The van der Waals surface area contributed by atoms with Gasteiger partial charge in [-0.2, -0.15) is 5.26 Å². The Balaban J connectivity index is 1.70. The second-order valence-electron chi connectivity index (χ2n) is 8.82. The molecule has 1 fully saturated rings. The Hall–Kier alpha value is -3.47. The summed E-state index contributed by atoms with van der Waals surface area (Å²) in [5, 5.41) is 14.6. The van der Waals surface area contributed by atoms with Crippen LogP contribution in [0.4, 0.5) is 4.39 Å². The lowest BCUT2D eigenvalue weighted by molar-refractivity contribution is -0.135. The van der Waals surface area contributed by atoms with Crippen molar-refractivity contribution in [3.05, 3.63) is 77.1 Å². The lowest BCUT2D eigenvalue weighted by Crippen LogP contribution is -2.59. The summed E-state index contributed by atoms with van der Waals surface area (Å²) >= 11 is 0. The van der Waals surface area contributed by atoms with Crippen LogP contribution in [-0.2, 0) is 16.9 Å². The van der Waals surface area contributed by atoms with Crippen molar-refractivity contribution >= 4 is 16.7 Å². The zero-order valence-corrected chi connectivity index (χ0v) is 19.8. The first-order valence-corrected chi connectivity index (χ1v) is 11.3. The third-order valence-corrected chi connectivity index (χ3v) is 6.84. The molecule has 1 saturated heterocycles. The fourth-order valence-electron chi connectivity index (χ4n) is 4.72. The number of ether oxygens (including phenoxy) is 1. The summed E-state index contributed by atoms with van der Waals surface area (Å²) < 4.78 is 19.3. The molecule has 0 saturated carbocycles. The molecule has 0 bridgehead atoms. The molecule has 34 heavy (non-hydrogen) atoms. The van der Waals surface area contributed by atoms with Gasteiger partial charge in [-0.1, -0.05) is 36.4 Å². The number of hydrogen-bond acceptors (Lipinski definition) is 5. The molecular formula is C27H29FN4O2. The smallest absolute Gasteiger partial charge is 0.245 e. The van der Waals surface area contributed by atoms with Gasteiger partial charge >= 0.3 is 0 Å². The van der Waals surface area contributed by atoms with Gasteiger partial charge in [-0.3, -0.25) is 9.69 Å². The molecule has 176 valence electrons. The van der Waals surface area contributed by atoms with Crippen LogP contribution in [0.1, 0.15) is 23.6 Å². The highest BCUT2D eigenvalue weighted by molar-refractivity contribution is 5.91. The molecular weight excluding hydrogens is 431 g/mol. The summed E-state index contributed by atoms with van der Waals surface area (Å²) in [5.41, 5.74) is 0.930. The van der Waals surface area contributed by atoms with Gasteiger partial charge in [0.15, 0.2) is 0 Å². The third kappa shape index (κ3) is 4.35. The van der Waals surface area contributed by atoms with E-state index in [9.17, 15) is 14.4 Å². The van der Waals surface area contributed by atoms with Gasteiger partial charge < -0.3 is 15.0 Å². The van der Waals surface area contributed by atoms with E-state index in [1.54, 1.807) is 18.2 Å². The number of benzene rings is 3. The normalized spacial score (nSPS) is 16.6. The second-order valence-corrected chi connectivity index (χ2v) is 8.82. The Morgan fingerprint density at radius 2 is 1.82 bits per heavy atom. The summed E-state index contributed by atoms with van der Waals surface area (Å²) in [4.78, 5) is 18.2. The molecule has 0 aliphatic carbocycles. The number of likely N-dealkylation sites (N-methyl/N-ethyl adjacent to an activating group) is 1. The highest BCUT2D eigenvalue weighted by atomic mass is 19.1. The van der Waals surface area contributed by atoms with Crippen molar-refractivity contribution < 1.29 is 13.9 Å². The number of nitriles is 1. The molecule has 7 heteroatoms. The topological polar surface area (TPSA) is 68.6 Å². The van der Waals surface area contributed by atoms with Gasteiger partial charge in [0.1, 0.15) is 23.2 Å². The van der Waals surface area contributed by atoms with E-state index in [2.05, 4.69) is 28.2 Å². The van der Waals surface area contributed by atoms with Gasteiger partial charge in [0, 0.05) is 38.3 Å². The first kappa shape index (κ1) is 23.7. The fourth-order valence-corrected chi connectivity index (χ4v) is 4.72. The number of piperazine rings is 1. The van der Waals surface area contributed by atoms with E-state index in [1.165, 1.54) is 19.2 Å². The lowest BCUT2D eigenvalue weighted by Gasteiger charge is -2.44. The molecule has 4 rings (SSSR count). The van der Waals surface area contributed by atoms with E-state index in [1.807, 2.05) is 31.2 Å². The van der Waals surface area contributed by atoms with Crippen LogP contribution in [0.15, 0.2) is 54.6 Å². The predicted molar refractivity (Wildman–Crippen MR) is 130 cm³/mol. The predicted octanol–water partition coefficient (Wildman–Crippen LogP) is 3.64. The Bertz CT molecular complexity index is 1230. The average molecular weight is 461 g/mol. The van der Waals surface area contributed by atoms with Crippen molar-refractivity contribution in [3.63, 3.8) is 0 Å². The second kappa shape index (κ2) is 9.80. The van der Waals surface area contributed by atoms with Crippen LogP contribution in [-0.4, -0.2) is 56.0 Å². The largest absolute Gasteiger partial charge is 0.495 e. The fraction of sp³-hybridized carbons (Fsp3) is 0.333. The van der Waals surface area contributed by atoms with Crippen LogP contribution >= 0.6 is 0 Å². The minimum atomic E-state index is -0.981. The average Bonchev–Trinajstić information content (AvgIpc) is 2.86. The molecule has 1 aliphatic rings. The Kier molecular flexibility index (Phi) is 6.82. The molecule has 1 atom stereocenters. The standard InChI is InChI=1S/C27H29FN4O2/c1-27(21-8-10-22(28)11-9-21,32-14-12-31(2)13-15-32)26(33)30-18-24-23-7-5-4-6-19(23)16-20(17-29)25(24)34-3/h4-11,16H,12-15,18H2,1-3H3,(H,30,33). The van der Waals surface area contributed by atoms with Gasteiger partial charge in [0.05, 0.1) is 12.7 Å². The molecule has 0 aromatic heterocycles. The van der Waals surface area contributed by atoms with Crippen LogP contribution in [0, 0.1) is 17.1 Å². The zero-order chi connectivity index (χ0) is 24.3. The van der Waals surface area contributed by atoms with Crippen LogP contribution in [0.25, 0.3) is 10.8 Å². The van der Waals surface area contributed by atoms with Crippen LogP contribution in [0.5, 0.6) is 5.75 Å². The maximum atomic E-state index is 13.8. The Labute approximate surface area is 199 Å². The molecule has 3 aromatic rings. The highest BCUT2D eigenvalue weighted by Crippen LogP contribution is 2.33. The monoisotopic (exact) mass is 460 g/mol. The number of carbonyl (C=O) groups is 1. The molecule has 6 nitrogen and oxygen atoms in total. The molecule has 1 amide bonds. The zero-order valence-electron chi connectivity index (χ0n) is 19.8. The Morgan fingerprint density at radius 1 is 1.15 bits per heavy atom. The van der Waals surface area contributed by atoms with Gasteiger partial charge in [0.2, 0.25) is 5.91 Å². The van der Waals surface area contributed by atoms with Gasteiger partial charge in [-0.15, -0.1) is 0 Å². The van der Waals surface area contributed by atoms with E-state index in [0.717, 1.165) is 35.0 Å². The molecule has 1 aliphatic heterocycles. The van der Waals surface area contributed by atoms with Gasteiger partial charge in [0.25, 0.3) is 0 Å². The van der Waals surface area contributed by atoms with Crippen molar-refractivity contribution in [1.29, 1.82) is 5.26 Å². The highest BCUT2D eigenvalue weighted by Gasteiger charge is 2.42. The first-order chi connectivity index (χ1) is 16.4. The van der Waals surface area contributed by atoms with Gasteiger partial charge in [-0.05, 0) is 48.5 Å². The summed E-state index contributed by atoms with van der Waals surface area (Å²) in [6.07, 6.45) is 0. The molecule has 0 radical (unpaired) electrons. The number of amides is 1. The van der Waals surface area contributed by atoms with E-state index in [-0.39, 0.29) is 18.3 Å². The number of carbonyl (C=O) groups excluding carboxylic acids is 1. The molecule has 3 aromatic carbocycles. The number of methoxy groups -OCH3 is 1. The van der Waals surface area contributed by atoms with Crippen molar-refractivity contribution in [2.45, 2.75) is 19.0 Å². The number of halogens is 1. The van der Waals surface area contributed by atoms with E-state index in [4.69, 9.17) is 4.74 Å². The SMILES string of the molecule is COc1c(C#N)cc2ccccc2c1CNC(=O)C(C)(c1ccc(F)cc1)N1CCN(C)CC1. The number of nitrogens with zero attached hydrogens (tertiary/aromatic N) is 3. The van der Waals surface area contributed by atoms with Crippen molar-refractivity contribution in [2.75, 3.05) is 40.3 Å². The maximum Gasteiger partial charge on any atom is 0.245 e. The van der Waals surface area contributed by atoms with Crippen molar-refractivity contribution in [2.24, 2.45) is 0 Å². The number of fused-ring (bicyclic) bond motifs is 1. The van der Waals surface area contributed by atoms with Crippen LogP contribution in [0.3, 0.4) is 0 Å². The number of nitrogens with one attached hydrogen (secondary N) is 1. The summed E-state index contributed by atoms with van der Waals surface area (Å²) in [5.74, 6) is -0.0591. The molecule has 1 N–H and O–H groups in total.